The number of hydrogen-bond donors (Lipinski definition) is 2. The van der Waals surface area contributed by atoms with Crippen LogP contribution in [0.2, 0.25) is 0 Å². The fourth-order valence-electron chi connectivity index (χ4n) is 2.16. The van der Waals surface area contributed by atoms with Crippen molar-refractivity contribution in [2.24, 2.45) is 0 Å². The van der Waals surface area contributed by atoms with Gasteiger partial charge in [0.1, 0.15) is 5.82 Å². The largest absolute Gasteiger partial charge is 0.394 e. The number of aliphatic hydroxyl groups is 1. The summed E-state index contributed by atoms with van der Waals surface area (Å²) in [5.74, 6) is 3.54. The van der Waals surface area contributed by atoms with E-state index in [0.717, 1.165) is 11.5 Å². The summed E-state index contributed by atoms with van der Waals surface area (Å²) in [6, 6.07) is 0.543. The molecule has 0 saturated carbocycles. The first-order valence-electron chi connectivity index (χ1n) is 6.21. The highest BCUT2D eigenvalue weighted by atomic mass is 32.2. The Morgan fingerprint density at radius 3 is 3.00 bits per heavy atom. The van der Waals surface area contributed by atoms with E-state index in [-0.39, 0.29) is 6.61 Å². The van der Waals surface area contributed by atoms with Gasteiger partial charge in [-0.05, 0) is 32.4 Å². The van der Waals surface area contributed by atoms with Crippen molar-refractivity contribution in [3.8, 4) is 0 Å². The molecule has 1 fully saturated rings. The average Bonchev–Trinajstić information content (AvgIpc) is 2.59. The van der Waals surface area contributed by atoms with E-state index in [9.17, 15) is 0 Å². The number of aromatic nitrogens is 2. The molecule has 96 valence electrons. The first kappa shape index (κ1) is 12.8. The van der Waals surface area contributed by atoms with Crippen molar-refractivity contribution in [2.75, 3.05) is 23.4 Å². The molecule has 0 radical (unpaired) electrons. The number of anilines is 1. The second kappa shape index (κ2) is 5.78. The number of nitrogens with zero attached hydrogens (tertiary/aromatic N) is 2. The summed E-state index contributed by atoms with van der Waals surface area (Å²) in [5, 5.41) is 17.1. The minimum absolute atomic E-state index is 0.134. The van der Waals surface area contributed by atoms with Crippen LogP contribution in [0.15, 0.2) is 0 Å². The van der Waals surface area contributed by atoms with Gasteiger partial charge >= 0.3 is 0 Å². The Labute approximate surface area is 107 Å². The van der Waals surface area contributed by atoms with Crippen LogP contribution in [-0.4, -0.2) is 39.0 Å². The fourth-order valence-corrected chi connectivity index (χ4v) is 3.23. The summed E-state index contributed by atoms with van der Waals surface area (Å²) in [6.07, 6.45) is 2.52. The first-order chi connectivity index (χ1) is 8.22. The molecule has 17 heavy (non-hydrogen) atoms. The molecule has 1 aromatic rings. The van der Waals surface area contributed by atoms with Crippen LogP contribution in [0.4, 0.5) is 5.82 Å². The van der Waals surface area contributed by atoms with Crippen LogP contribution in [0.5, 0.6) is 0 Å². The Morgan fingerprint density at radius 1 is 1.53 bits per heavy atom. The fraction of sp³-hybridized carbons (Fsp3) is 0.750. The Balaban J connectivity index is 2.12. The number of thioether (sulfide) groups is 1. The molecule has 0 bridgehead atoms. The SMILES string of the molecule is Cc1nn(CCO)c(N[C@H]2CCCSC2)c1C. The molecule has 5 heteroatoms. The number of nitrogens with one attached hydrogen (secondary N) is 1. The van der Waals surface area contributed by atoms with Crippen molar-refractivity contribution in [3.63, 3.8) is 0 Å². The third-order valence-corrected chi connectivity index (χ3v) is 4.46. The van der Waals surface area contributed by atoms with Crippen LogP contribution in [0.3, 0.4) is 0 Å². The van der Waals surface area contributed by atoms with E-state index < -0.39 is 0 Å². The van der Waals surface area contributed by atoms with Crippen LogP contribution >= 0.6 is 11.8 Å². The summed E-state index contributed by atoms with van der Waals surface area (Å²) in [4.78, 5) is 0. The molecule has 2 rings (SSSR count). The van der Waals surface area contributed by atoms with Crippen molar-refractivity contribution in [2.45, 2.75) is 39.3 Å². The van der Waals surface area contributed by atoms with Crippen LogP contribution in [0, 0.1) is 13.8 Å². The monoisotopic (exact) mass is 255 g/mol. The van der Waals surface area contributed by atoms with Gasteiger partial charge in [0.05, 0.1) is 18.8 Å². The highest BCUT2D eigenvalue weighted by Crippen LogP contribution is 2.24. The lowest BCUT2D eigenvalue weighted by atomic mass is 10.1. The molecule has 1 aliphatic rings. The zero-order valence-electron chi connectivity index (χ0n) is 10.6. The Kier molecular flexibility index (Phi) is 4.34. The van der Waals surface area contributed by atoms with Gasteiger partial charge in [0.25, 0.3) is 0 Å². The molecule has 0 aliphatic carbocycles. The van der Waals surface area contributed by atoms with Crippen molar-refractivity contribution < 1.29 is 5.11 Å². The Bertz CT molecular complexity index is 372. The third kappa shape index (κ3) is 2.96. The average molecular weight is 255 g/mol. The van der Waals surface area contributed by atoms with Gasteiger partial charge in [-0.3, -0.25) is 0 Å². The second-order valence-electron chi connectivity index (χ2n) is 4.56. The minimum atomic E-state index is 0.134. The highest BCUT2D eigenvalue weighted by molar-refractivity contribution is 7.99. The second-order valence-corrected chi connectivity index (χ2v) is 5.71. The van der Waals surface area contributed by atoms with Crippen molar-refractivity contribution in [1.29, 1.82) is 0 Å². The number of hydrogen-bond acceptors (Lipinski definition) is 4. The maximum atomic E-state index is 9.06. The van der Waals surface area contributed by atoms with Gasteiger partial charge in [0.2, 0.25) is 0 Å². The molecule has 1 aliphatic heterocycles. The molecular weight excluding hydrogens is 234 g/mol. The summed E-state index contributed by atoms with van der Waals surface area (Å²) in [7, 11) is 0. The number of aliphatic hydroxyl groups excluding tert-OH is 1. The maximum Gasteiger partial charge on any atom is 0.127 e. The van der Waals surface area contributed by atoms with Gasteiger partial charge in [0, 0.05) is 17.4 Å². The van der Waals surface area contributed by atoms with E-state index in [1.54, 1.807) is 0 Å². The third-order valence-electron chi connectivity index (χ3n) is 3.24. The molecule has 0 amide bonds. The summed E-state index contributed by atoms with van der Waals surface area (Å²) >= 11 is 2.01. The molecule has 0 spiro atoms. The lowest BCUT2D eigenvalue weighted by Gasteiger charge is -2.24. The summed E-state index contributed by atoms with van der Waals surface area (Å²) < 4.78 is 1.89. The number of rotatable bonds is 4. The summed E-state index contributed by atoms with van der Waals surface area (Å²) in [5.41, 5.74) is 2.25. The molecule has 0 unspecified atom stereocenters. The Morgan fingerprint density at radius 2 is 2.35 bits per heavy atom. The standard InChI is InChI=1S/C12H21N3OS/c1-9-10(2)14-15(5-6-16)12(9)13-11-4-3-7-17-8-11/h11,13,16H,3-8H2,1-2H3/t11-/m0/s1. The molecule has 1 saturated heterocycles. The lowest BCUT2D eigenvalue weighted by molar-refractivity contribution is 0.270. The topological polar surface area (TPSA) is 50.1 Å². The predicted molar refractivity (Wildman–Crippen MR) is 72.8 cm³/mol. The molecule has 2 N–H and O–H groups in total. The molecule has 0 aromatic carbocycles. The normalized spacial score (nSPS) is 20.5. The van der Waals surface area contributed by atoms with Crippen LogP contribution in [-0.2, 0) is 6.54 Å². The van der Waals surface area contributed by atoms with Gasteiger partial charge in [0.15, 0.2) is 0 Å². The van der Waals surface area contributed by atoms with Gasteiger partial charge < -0.3 is 10.4 Å². The highest BCUT2D eigenvalue weighted by Gasteiger charge is 2.18. The van der Waals surface area contributed by atoms with Gasteiger partial charge in [-0.25, -0.2) is 4.68 Å². The zero-order valence-corrected chi connectivity index (χ0v) is 11.4. The number of aryl methyl sites for hydroxylation is 1. The zero-order chi connectivity index (χ0) is 12.3. The van der Waals surface area contributed by atoms with Crippen LogP contribution in [0.1, 0.15) is 24.1 Å². The van der Waals surface area contributed by atoms with Crippen molar-refractivity contribution >= 4 is 17.6 Å². The van der Waals surface area contributed by atoms with E-state index in [1.165, 1.54) is 29.9 Å². The van der Waals surface area contributed by atoms with E-state index in [0.29, 0.717) is 12.6 Å². The van der Waals surface area contributed by atoms with Crippen molar-refractivity contribution in [1.82, 2.24) is 9.78 Å². The molecule has 2 heterocycles. The van der Waals surface area contributed by atoms with E-state index in [1.807, 2.05) is 23.4 Å². The van der Waals surface area contributed by atoms with Gasteiger partial charge in [-0.15, -0.1) is 0 Å². The van der Waals surface area contributed by atoms with Crippen LogP contribution < -0.4 is 5.32 Å². The van der Waals surface area contributed by atoms with Gasteiger partial charge in [-0.2, -0.15) is 16.9 Å². The van der Waals surface area contributed by atoms with E-state index >= 15 is 0 Å². The predicted octanol–water partition coefficient (Wildman–Crippen LogP) is 1.80. The molecule has 4 nitrogen and oxygen atoms in total. The maximum absolute atomic E-state index is 9.06. The lowest BCUT2D eigenvalue weighted by Crippen LogP contribution is -2.27. The summed E-state index contributed by atoms with van der Waals surface area (Å²) in [6.45, 7) is 4.81. The van der Waals surface area contributed by atoms with Gasteiger partial charge in [-0.1, -0.05) is 0 Å². The molecule has 1 aromatic heterocycles. The quantitative estimate of drug-likeness (QED) is 0.861. The first-order valence-corrected chi connectivity index (χ1v) is 7.37. The van der Waals surface area contributed by atoms with Crippen LogP contribution in [0.25, 0.3) is 0 Å². The smallest absolute Gasteiger partial charge is 0.127 e. The van der Waals surface area contributed by atoms with Crippen molar-refractivity contribution in [3.05, 3.63) is 11.3 Å². The molecule has 1 atom stereocenters. The minimum Gasteiger partial charge on any atom is -0.394 e. The van der Waals surface area contributed by atoms with E-state index in [2.05, 4.69) is 17.3 Å². The molecular formula is C12H21N3OS. The Hall–Kier alpha value is -0.680. The van der Waals surface area contributed by atoms with E-state index in [4.69, 9.17) is 5.11 Å².